The van der Waals surface area contributed by atoms with E-state index in [0.29, 0.717) is 6.42 Å². The van der Waals surface area contributed by atoms with Crippen LogP contribution in [0.3, 0.4) is 0 Å². The molecule has 3 heteroatoms. The molecular weight excluding hydrogens is 289 g/mol. The van der Waals surface area contributed by atoms with Crippen molar-refractivity contribution in [3.8, 4) is 0 Å². The molecule has 1 fully saturated rings. The van der Waals surface area contributed by atoms with Crippen LogP contribution in [-0.4, -0.2) is 12.5 Å². The summed E-state index contributed by atoms with van der Waals surface area (Å²) in [6.45, 7) is 2.95. The third kappa shape index (κ3) is 1.78. The maximum absolute atomic E-state index is 11.5. The number of amides is 1. The molecule has 1 amide bonds. The molecular formula is C11H12INO. The Balaban J connectivity index is 2.32. The van der Waals surface area contributed by atoms with E-state index in [2.05, 4.69) is 41.6 Å². The Hall–Kier alpha value is -0.580. The number of benzene rings is 1. The van der Waals surface area contributed by atoms with Crippen LogP contribution in [0.4, 0.5) is 5.69 Å². The maximum atomic E-state index is 11.5. The highest BCUT2D eigenvalue weighted by Crippen LogP contribution is 2.24. The van der Waals surface area contributed by atoms with Gasteiger partial charge in [0.1, 0.15) is 0 Å². The van der Waals surface area contributed by atoms with Gasteiger partial charge < -0.3 is 4.90 Å². The molecule has 0 N–H and O–H groups in total. The number of rotatable bonds is 1. The van der Waals surface area contributed by atoms with Crippen LogP contribution in [0.25, 0.3) is 0 Å². The average Bonchev–Trinajstić information content (AvgIpc) is 2.57. The molecule has 1 aromatic carbocycles. The van der Waals surface area contributed by atoms with E-state index in [4.69, 9.17) is 0 Å². The monoisotopic (exact) mass is 301 g/mol. The van der Waals surface area contributed by atoms with Crippen LogP contribution in [0.2, 0.25) is 0 Å². The van der Waals surface area contributed by atoms with Crippen LogP contribution in [0.1, 0.15) is 18.4 Å². The van der Waals surface area contributed by atoms with Gasteiger partial charge in [-0.15, -0.1) is 0 Å². The molecule has 0 spiro atoms. The molecule has 74 valence electrons. The molecule has 0 aromatic heterocycles. The normalized spacial score (nSPS) is 16.4. The molecule has 0 radical (unpaired) electrons. The number of nitrogens with zero attached hydrogens (tertiary/aromatic N) is 1. The first-order valence-corrected chi connectivity index (χ1v) is 5.83. The average molecular weight is 301 g/mol. The second-order valence-corrected chi connectivity index (χ2v) is 4.74. The zero-order chi connectivity index (χ0) is 10.1. The smallest absolute Gasteiger partial charge is 0.227 e. The molecule has 0 aliphatic carbocycles. The minimum atomic E-state index is 0.254. The molecule has 0 atom stereocenters. The number of halogens is 1. The summed E-state index contributed by atoms with van der Waals surface area (Å²) >= 11 is 2.31. The minimum Gasteiger partial charge on any atom is -0.312 e. The number of hydrogen-bond donors (Lipinski definition) is 0. The summed E-state index contributed by atoms with van der Waals surface area (Å²) < 4.78 is 1.22. The van der Waals surface area contributed by atoms with E-state index in [1.165, 1.54) is 9.13 Å². The van der Waals surface area contributed by atoms with Crippen molar-refractivity contribution in [1.29, 1.82) is 0 Å². The second kappa shape index (κ2) is 3.88. The first kappa shape index (κ1) is 9.96. The number of aryl methyl sites for hydroxylation is 1. The standard InChI is InChI=1S/C11H12INO/c1-8-4-5-9(7-10(8)12)13-6-2-3-11(13)14/h4-5,7H,2-3,6H2,1H3. The van der Waals surface area contributed by atoms with Gasteiger partial charge in [-0.2, -0.15) is 0 Å². The number of hydrogen-bond acceptors (Lipinski definition) is 1. The lowest BCUT2D eigenvalue weighted by molar-refractivity contribution is -0.117. The van der Waals surface area contributed by atoms with Gasteiger partial charge in [0.2, 0.25) is 5.91 Å². The summed E-state index contributed by atoms with van der Waals surface area (Å²) in [5.41, 5.74) is 2.31. The summed E-state index contributed by atoms with van der Waals surface area (Å²) in [5.74, 6) is 0.254. The van der Waals surface area contributed by atoms with Gasteiger partial charge in [0.25, 0.3) is 0 Å². The number of carbonyl (C=O) groups is 1. The molecule has 1 aliphatic heterocycles. The molecule has 14 heavy (non-hydrogen) atoms. The molecule has 0 bridgehead atoms. The van der Waals surface area contributed by atoms with E-state index in [0.717, 1.165) is 18.7 Å². The van der Waals surface area contributed by atoms with Crippen LogP contribution in [-0.2, 0) is 4.79 Å². The molecule has 1 aromatic rings. The molecule has 2 nitrogen and oxygen atoms in total. The maximum Gasteiger partial charge on any atom is 0.227 e. The van der Waals surface area contributed by atoms with Crippen molar-refractivity contribution in [3.05, 3.63) is 27.3 Å². The molecule has 1 heterocycles. The van der Waals surface area contributed by atoms with Crippen LogP contribution in [0.5, 0.6) is 0 Å². The first-order chi connectivity index (χ1) is 6.68. The molecule has 0 saturated carbocycles. The SMILES string of the molecule is Cc1ccc(N2CCCC2=O)cc1I. The lowest BCUT2D eigenvalue weighted by atomic mass is 10.2. The van der Waals surface area contributed by atoms with Gasteiger partial charge in [0.05, 0.1) is 0 Å². The Morgan fingerprint density at radius 3 is 2.79 bits per heavy atom. The summed E-state index contributed by atoms with van der Waals surface area (Å²) in [5, 5.41) is 0. The molecule has 1 aliphatic rings. The quantitative estimate of drug-likeness (QED) is 0.730. The van der Waals surface area contributed by atoms with Gasteiger partial charge in [-0.1, -0.05) is 6.07 Å². The fourth-order valence-corrected chi connectivity index (χ4v) is 2.17. The Kier molecular flexibility index (Phi) is 2.76. The Morgan fingerprint density at radius 2 is 2.21 bits per heavy atom. The van der Waals surface area contributed by atoms with Crippen molar-refractivity contribution >= 4 is 34.2 Å². The predicted molar refractivity (Wildman–Crippen MR) is 65.5 cm³/mol. The summed E-state index contributed by atoms with van der Waals surface area (Å²) in [6.07, 6.45) is 1.69. The zero-order valence-corrected chi connectivity index (χ0v) is 10.2. The zero-order valence-electron chi connectivity index (χ0n) is 8.09. The fraction of sp³-hybridized carbons (Fsp3) is 0.364. The van der Waals surface area contributed by atoms with Gasteiger partial charge in [-0.25, -0.2) is 0 Å². The van der Waals surface area contributed by atoms with E-state index in [-0.39, 0.29) is 5.91 Å². The fourth-order valence-electron chi connectivity index (χ4n) is 1.67. The van der Waals surface area contributed by atoms with E-state index >= 15 is 0 Å². The van der Waals surface area contributed by atoms with Gasteiger partial charge in [-0.3, -0.25) is 4.79 Å². The van der Waals surface area contributed by atoms with Crippen molar-refractivity contribution in [2.24, 2.45) is 0 Å². The predicted octanol–water partition coefficient (Wildman–Crippen LogP) is 2.73. The van der Waals surface area contributed by atoms with Gasteiger partial charge in [-0.05, 0) is 53.6 Å². The Bertz CT molecular complexity index is 376. The van der Waals surface area contributed by atoms with Gasteiger partial charge in [0, 0.05) is 22.2 Å². The number of carbonyl (C=O) groups excluding carboxylic acids is 1. The van der Waals surface area contributed by atoms with Crippen LogP contribution in [0, 0.1) is 10.5 Å². The van der Waals surface area contributed by atoms with E-state index < -0.39 is 0 Å². The molecule has 1 saturated heterocycles. The highest BCUT2D eigenvalue weighted by atomic mass is 127. The van der Waals surface area contributed by atoms with E-state index in [1.807, 2.05) is 11.0 Å². The summed E-state index contributed by atoms with van der Waals surface area (Å²) in [6, 6.07) is 6.18. The summed E-state index contributed by atoms with van der Waals surface area (Å²) in [7, 11) is 0. The second-order valence-electron chi connectivity index (χ2n) is 3.58. The third-order valence-electron chi connectivity index (χ3n) is 2.54. The Labute approximate surface area is 97.4 Å². The van der Waals surface area contributed by atoms with Crippen LogP contribution in [0.15, 0.2) is 18.2 Å². The van der Waals surface area contributed by atoms with Crippen molar-refractivity contribution in [3.63, 3.8) is 0 Å². The number of anilines is 1. The van der Waals surface area contributed by atoms with Crippen molar-refractivity contribution in [1.82, 2.24) is 0 Å². The largest absolute Gasteiger partial charge is 0.312 e. The molecule has 0 unspecified atom stereocenters. The van der Waals surface area contributed by atoms with E-state index in [9.17, 15) is 4.79 Å². The lowest BCUT2D eigenvalue weighted by Gasteiger charge is -2.16. The van der Waals surface area contributed by atoms with Gasteiger partial charge >= 0.3 is 0 Å². The highest BCUT2D eigenvalue weighted by molar-refractivity contribution is 14.1. The van der Waals surface area contributed by atoms with Crippen LogP contribution >= 0.6 is 22.6 Å². The lowest BCUT2D eigenvalue weighted by Crippen LogP contribution is -2.23. The van der Waals surface area contributed by atoms with Crippen molar-refractivity contribution in [2.75, 3.05) is 11.4 Å². The Morgan fingerprint density at radius 1 is 1.43 bits per heavy atom. The first-order valence-electron chi connectivity index (χ1n) is 4.75. The summed E-state index contributed by atoms with van der Waals surface area (Å²) in [4.78, 5) is 13.4. The van der Waals surface area contributed by atoms with Crippen molar-refractivity contribution < 1.29 is 4.79 Å². The van der Waals surface area contributed by atoms with Crippen molar-refractivity contribution in [2.45, 2.75) is 19.8 Å². The van der Waals surface area contributed by atoms with Gasteiger partial charge in [0.15, 0.2) is 0 Å². The molecule has 2 rings (SSSR count). The third-order valence-corrected chi connectivity index (χ3v) is 3.70. The van der Waals surface area contributed by atoms with E-state index in [1.54, 1.807) is 0 Å². The highest BCUT2D eigenvalue weighted by Gasteiger charge is 2.21. The van der Waals surface area contributed by atoms with Crippen LogP contribution < -0.4 is 4.90 Å². The minimum absolute atomic E-state index is 0.254. The topological polar surface area (TPSA) is 20.3 Å².